The lowest BCUT2D eigenvalue weighted by molar-refractivity contribution is 0.648. The van der Waals surface area contributed by atoms with Crippen LogP contribution >= 0.6 is 22.6 Å². The van der Waals surface area contributed by atoms with E-state index >= 15 is 0 Å². The molecule has 3 N–H and O–H groups in total. The maximum atomic E-state index is 6.17. The van der Waals surface area contributed by atoms with Gasteiger partial charge in [0.05, 0.1) is 6.04 Å². The summed E-state index contributed by atoms with van der Waals surface area (Å²) in [5.74, 6) is 0. The van der Waals surface area contributed by atoms with E-state index in [9.17, 15) is 0 Å². The summed E-state index contributed by atoms with van der Waals surface area (Å²) >= 11 is 2.32. The Bertz CT molecular complexity index is 551. The highest BCUT2D eigenvalue weighted by molar-refractivity contribution is 14.1. The maximum absolute atomic E-state index is 6.17. The molecule has 1 aliphatic carbocycles. The Hall–Kier alpha value is -1.07. The van der Waals surface area contributed by atoms with Crippen molar-refractivity contribution >= 4 is 28.3 Å². The number of nitrogens with two attached hydrogens (primary N) is 1. The fourth-order valence-electron chi connectivity index (χ4n) is 2.56. The number of benzene rings is 2. The zero-order valence-corrected chi connectivity index (χ0v) is 12.1. The lowest BCUT2D eigenvalue weighted by Crippen LogP contribution is -2.09. The first-order chi connectivity index (χ1) is 8.74. The summed E-state index contributed by atoms with van der Waals surface area (Å²) in [6, 6.07) is 17.4. The monoisotopic (exact) mass is 350 g/mol. The first-order valence-corrected chi connectivity index (χ1v) is 7.18. The minimum Gasteiger partial charge on any atom is -0.378 e. The molecule has 2 aromatic carbocycles. The molecular formula is C15H15IN2. The van der Waals surface area contributed by atoms with Crippen molar-refractivity contribution in [1.82, 2.24) is 0 Å². The van der Waals surface area contributed by atoms with Crippen molar-refractivity contribution in [2.75, 3.05) is 5.32 Å². The van der Waals surface area contributed by atoms with E-state index in [0.717, 1.165) is 12.1 Å². The van der Waals surface area contributed by atoms with Crippen LogP contribution in [0.25, 0.3) is 0 Å². The average Bonchev–Trinajstić information content (AvgIpc) is 2.70. The molecule has 0 aromatic heterocycles. The van der Waals surface area contributed by atoms with Gasteiger partial charge in [-0.25, -0.2) is 0 Å². The number of hydrogen-bond donors (Lipinski definition) is 2. The number of fused-ring (bicyclic) bond motifs is 1. The van der Waals surface area contributed by atoms with Crippen LogP contribution in [0.15, 0.2) is 48.5 Å². The standard InChI is InChI=1S/C15H15IN2/c16-10-5-7-11(8-6-10)18-15-9-14(17)12-3-1-2-4-13(12)15/h1-8,14-15,18H,9,17H2. The third-order valence-electron chi connectivity index (χ3n) is 3.45. The van der Waals surface area contributed by atoms with Crippen LogP contribution in [0.3, 0.4) is 0 Å². The van der Waals surface area contributed by atoms with Gasteiger partial charge in [-0.15, -0.1) is 0 Å². The van der Waals surface area contributed by atoms with Gasteiger partial charge in [0.15, 0.2) is 0 Å². The van der Waals surface area contributed by atoms with Gasteiger partial charge in [-0.1, -0.05) is 24.3 Å². The van der Waals surface area contributed by atoms with Gasteiger partial charge < -0.3 is 11.1 Å². The Kier molecular flexibility index (Phi) is 3.26. The molecule has 0 fully saturated rings. The van der Waals surface area contributed by atoms with Crippen LogP contribution in [-0.4, -0.2) is 0 Å². The molecule has 0 amide bonds. The summed E-state index contributed by atoms with van der Waals surface area (Å²) in [7, 11) is 0. The van der Waals surface area contributed by atoms with E-state index in [1.807, 2.05) is 0 Å². The lowest BCUT2D eigenvalue weighted by atomic mass is 10.1. The minimum absolute atomic E-state index is 0.155. The molecular weight excluding hydrogens is 335 g/mol. The van der Waals surface area contributed by atoms with Crippen molar-refractivity contribution in [3.8, 4) is 0 Å². The highest BCUT2D eigenvalue weighted by Crippen LogP contribution is 2.38. The lowest BCUT2D eigenvalue weighted by Gasteiger charge is -2.15. The molecule has 0 radical (unpaired) electrons. The van der Waals surface area contributed by atoms with E-state index in [-0.39, 0.29) is 6.04 Å². The molecule has 0 heterocycles. The second kappa shape index (κ2) is 4.90. The number of halogens is 1. The van der Waals surface area contributed by atoms with Crippen LogP contribution in [0.1, 0.15) is 29.6 Å². The molecule has 2 nitrogen and oxygen atoms in total. The number of rotatable bonds is 2. The summed E-state index contributed by atoms with van der Waals surface area (Å²) in [4.78, 5) is 0. The largest absolute Gasteiger partial charge is 0.378 e. The summed E-state index contributed by atoms with van der Waals surface area (Å²) in [5.41, 5.74) is 9.94. The van der Waals surface area contributed by atoms with Gasteiger partial charge in [0.25, 0.3) is 0 Å². The third kappa shape index (κ3) is 2.24. The molecule has 18 heavy (non-hydrogen) atoms. The van der Waals surface area contributed by atoms with Gasteiger partial charge in [0.1, 0.15) is 0 Å². The van der Waals surface area contributed by atoms with Crippen LogP contribution in [0.4, 0.5) is 5.69 Å². The van der Waals surface area contributed by atoms with E-state index < -0.39 is 0 Å². The predicted molar refractivity (Wildman–Crippen MR) is 83.5 cm³/mol. The molecule has 1 aliphatic rings. The Labute approximate surface area is 121 Å². The Morgan fingerprint density at radius 3 is 2.39 bits per heavy atom. The van der Waals surface area contributed by atoms with E-state index in [0.29, 0.717) is 6.04 Å². The van der Waals surface area contributed by atoms with Gasteiger partial charge in [-0.2, -0.15) is 0 Å². The fourth-order valence-corrected chi connectivity index (χ4v) is 2.92. The number of nitrogens with one attached hydrogen (secondary N) is 1. The molecule has 92 valence electrons. The third-order valence-corrected chi connectivity index (χ3v) is 4.16. The quantitative estimate of drug-likeness (QED) is 0.808. The van der Waals surface area contributed by atoms with Gasteiger partial charge in [-0.3, -0.25) is 0 Å². The number of hydrogen-bond acceptors (Lipinski definition) is 2. The molecule has 2 unspecified atom stereocenters. The first kappa shape index (κ1) is 12.0. The van der Waals surface area contributed by atoms with Gasteiger partial charge in [-0.05, 0) is 64.4 Å². The molecule has 0 spiro atoms. The SMILES string of the molecule is NC1CC(Nc2ccc(I)cc2)c2ccccc21. The van der Waals surface area contributed by atoms with Crippen molar-refractivity contribution in [3.63, 3.8) is 0 Å². The molecule has 0 aliphatic heterocycles. The number of anilines is 1. The summed E-state index contributed by atoms with van der Waals surface area (Å²) in [6.45, 7) is 0. The molecule has 0 saturated heterocycles. The average molecular weight is 350 g/mol. The van der Waals surface area contributed by atoms with Gasteiger partial charge in [0, 0.05) is 15.3 Å². The highest BCUT2D eigenvalue weighted by atomic mass is 127. The van der Waals surface area contributed by atoms with Gasteiger partial charge >= 0.3 is 0 Å². The van der Waals surface area contributed by atoms with E-state index in [1.165, 1.54) is 14.7 Å². The van der Waals surface area contributed by atoms with Crippen molar-refractivity contribution in [2.45, 2.75) is 18.5 Å². The van der Waals surface area contributed by atoms with E-state index in [2.05, 4.69) is 76.4 Å². The first-order valence-electron chi connectivity index (χ1n) is 6.10. The summed E-state index contributed by atoms with van der Waals surface area (Å²) in [5, 5.41) is 3.57. The van der Waals surface area contributed by atoms with Crippen LogP contribution in [0.2, 0.25) is 0 Å². The minimum atomic E-state index is 0.155. The second-order valence-corrected chi connectivity index (χ2v) is 5.92. The molecule has 2 atom stereocenters. The molecule has 0 saturated carbocycles. The van der Waals surface area contributed by atoms with Crippen molar-refractivity contribution < 1.29 is 0 Å². The van der Waals surface area contributed by atoms with Crippen LogP contribution in [0.5, 0.6) is 0 Å². The topological polar surface area (TPSA) is 38.0 Å². The Morgan fingerprint density at radius 1 is 1.00 bits per heavy atom. The highest BCUT2D eigenvalue weighted by Gasteiger charge is 2.27. The predicted octanol–water partition coefficient (Wildman–Crippen LogP) is 3.85. The maximum Gasteiger partial charge on any atom is 0.0535 e. The van der Waals surface area contributed by atoms with E-state index in [4.69, 9.17) is 5.73 Å². The molecule has 3 rings (SSSR count). The molecule has 2 aromatic rings. The Balaban J connectivity index is 1.85. The van der Waals surface area contributed by atoms with E-state index in [1.54, 1.807) is 0 Å². The smallest absolute Gasteiger partial charge is 0.0535 e. The van der Waals surface area contributed by atoms with Gasteiger partial charge in [0.2, 0.25) is 0 Å². The van der Waals surface area contributed by atoms with Crippen molar-refractivity contribution in [1.29, 1.82) is 0 Å². The van der Waals surface area contributed by atoms with Crippen molar-refractivity contribution in [3.05, 3.63) is 63.2 Å². The normalized spacial score (nSPS) is 21.7. The zero-order chi connectivity index (χ0) is 12.5. The second-order valence-electron chi connectivity index (χ2n) is 4.67. The summed E-state index contributed by atoms with van der Waals surface area (Å²) < 4.78 is 1.25. The van der Waals surface area contributed by atoms with Crippen LogP contribution in [-0.2, 0) is 0 Å². The van der Waals surface area contributed by atoms with Crippen molar-refractivity contribution in [2.24, 2.45) is 5.73 Å². The Morgan fingerprint density at radius 2 is 1.67 bits per heavy atom. The summed E-state index contributed by atoms with van der Waals surface area (Å²) in [6.07, 6.45) is 0.964. The van der Waals surface area contributed by atoms with Crippen LogP contribution in [0, 0.1) is 3.57 Å². The molecule has 0 bridgehead atoms. The fraction of sp³-hybridized carbons (Fsp3) is 0.200. The molecule has 3 heteroatoms. The van der Waals surface area contributed by atoms with Crippen LogP contribution < -0.4 is 11.1 Å². The zero-order valence-electron chi connectivity index (χ0n) is 9.94.